The van der Waals surface area contributed by atoms with Crippen molar-refractivity contribution in [3.8, 4) is 0 Å². The Morgan fingerprint density at radius 1 is 0.704 bits per heavy atom. The molecule has 0 saturated carbocycles. The summed E-state index contributed by atoms with van der Waals surface area (Å²) in [7, 11) is 0. The van der Waals surface area contributed by atoms with Gasteiger partial charge in [-0.15, -0.1) is 0 Å². The standard InChI is InChI=1S/C20H14F6O/c21-19(22,23)15-5-1-13(2-6-15)18(11-9-17(27)10-12-18)14-3-7-16(8-4-14)20(24,25)26/h1-9,11H,10,12H2. The van der Waals surface area contributed by atoms with Gasteiger partial charge < -0.3 is 0 Å². The highest BCUT2D eigenvalue weighted by atomic mass is 19.4. The smallest absolute Gasteiger partial charge is 0.295 e. The number of rotatable bonds is 2. The van der Waals surface area contributed by atoms with Crippen molar-refractivity contribution in [3.05, 3.63) is 82.9 Å². The molecule has 0 atom stereocenters. The van der Waals surface area contributed by atoms with Crippen LogP contribution in [0.2, 0.25) is 0 Å². The van der Waals surface area contributed by atoms with E-state index >= 15 is 0 Å². The molecular weight excluding hydrogens is 370 g/mol. The Morgan fingerprint density at radius 2 is 1.11 bits per heavy atom. The Labute approximate surface area is 151 Å². The predicted octanol–water partition coefficient (Wildman–Crippen LogP) is 5.93. The molecule has 0 spiro atoms. The van der Waals surface area contributed by atoms with Crippen LogP contribution in [-0.2, 0) is 22.6 Å². The molecule has 7 heteroatoms. The molecule has 142 valence electrons. The first kappa shape index (κ1) is 19.2. The van der Waals surface area contributed by atoms with Gasteiger partial charge >= 0.3 is 12.4 Å². The van der Waals surface area contributed by atoms with E-state index in [2.05, 4.69) is 0 Å². The monoisotopic (exact) mass is 384 g/mol. The third-order valence-corrected chi connectivity index (χ3v) is 4.77. The Morgan fingerprint density at radius 3 is 1.41 bits per heavy atom. The summed E-state index contributed by atoms with van der Waals surface area (Å²) in [6.45, 7) is 0. The fourth-order valence-electron chi connectivity index (χ4n) is 3.28. The molecule has 2 aromatic rings. The van der Waals surface area contributed by atoms with Crippen LogP contribution in [0.4, 0.5) is 26.3 Å². The van der Waals surface area contributed by atoms with Gasteiger partial charge in [-0.1, -0.05) is 30.3 Å². The number of carbonyl (C=O) groups is 1. The summed E-state index contributed by atoms with van der Waals surface area (Å²) in [4.78, 5) is 11.6. The number of carbonyl (C=O) groups excluding carboxylic acids is 1. The van der Waals surface area contributed by atoms with Crippen molar-refractivity contribution in [1.29, 1.82) is 0 Å². The summed E-state index contributed by atoms with van der Waals surface area (Å²) in [6, 6.07) is 8.97. The average molecular weight is 384 g/mol. The average Bonchev–Trinajstić information content (AvgIpc) is 2.61. The molecule has 0 aromatic heterocycles. The number of hydrogen-bond acceptors (Lipinski definition) is 1. The lowest BCUT2D eigenvalue weighted by Gasteiger charge is -2.34. The maximum atomic E-state index is 12.8. The summed E-state index contributed by atoms with van der Waals surface area (Å²) in [5, 5.41) is 0. The van der Waals surface area contributed by atoms with E-state index in [-0.39, 0.29) is 18.6 Å². The van der Waals surface area contributed by atoms with Gasteiger partial charge in [-0.2, -0.15) is 26.3 Å². The normalized spacial score (nSPS) is 17.2. The summed E-state index contributed by atoms with van der Waals surface area (Å²) < 4.78 is 76.9. The lowest BCUT2D eigenvalue weighted by Crippen LogP contribution is -2.29. The van der Waals surface area contributed by atoms with E-state index in [0.717, 1.165) is 24.3 Å². The Bertz CT molecular complexity index is 800. The molecule has 0 saturated heterocycles. The first-order chi connectivity index (χ1) is 12.5. The highest BCUT2D eigenvalue weighted by Crippen LogP contribution is 2.42. The van der Waals surface area contributed by atoms with Crippen molar-refractivity contribution >= 4 is 5.78 Å². The van der Waals surface area contributed by atoms with Crippen LogP contribution in [0, 0.1) is 0 Å². The third-order valence-electron chi connectivity index (χ3n) is 4.77. The van der Waals surface area contributed by atoms with Crippen LogP contribution in [0.25, 0.3) is 0 Å². The first-order valence-corrected chi connectivity index (χ1v) is 8.10. The van der Waals surface area contributed by atoms with E-state index in [1.54, 1.807) is 6.08 Å². The van der Waals surface area contributed by atoms with E-state index in [1.807, 2.05) is 0 Å². The van der Waals surface area contributed by atoms with E-state index in [1.165, 1.54) is 30.3 Å². The number of ketones is 1. The number of allylic oxidation sites excluding steroid dienone is 2. The van der Waals surface area contributed by atoms with E-state index in [4.69, 9.17) is 0 Å². The largest absolute Gasteiger partial charge is 0.416 e. The molecule has 0 fully saturated rings. The highest BCUT2D eigenvalue weighted by molar-refractivity contribution is 5.91. The lowest BCUT2D eigenvalue weighted by atomic mass is 9.68. The molecule has 1 aliphatic rings. The molecule has 2 aromatic carbocycles. The molecule has 27 heavy (non-hydrogen) atoms. The summed E-state index contributed by atoms with van der Waals surface area (Å²) in [6.07, 6.45) is -5.67. The zero-order valence-corrected chi connectivity index (χ0v) is 13.9. The van der Waals surface area contributed by atoms with Crippen LogP contribution in [0.15, 0.2) is 60.7 Å². The van der Waals surface area contributed by atoms with Crippen molar-refractivity contribution in [2.45, 2.75) is 30.6 Å². The minimum atomic E-state index is -4.49. The second kappa shape index (κ2) is 6.55. The molecule has 0 aliphatic heterocycles. The van der Waals surface area contributed by atoms with Crippen LogP contribution in [-0.4, -0.2) is 5.78 Å². The van der Waals surface area contributed by atoms with Crippen molar-refractivity contribution in [1.82, 2.24) is 0 Å². The second-order valence-corrected chi connectivity index (χ2v) is 6.42. The molecule has 3 rings (SSSR count). The minimum absolute atomic E-state index is 0.135. The maximum Gasteiger partial charge on any atom is 0.416 e. The minimum Gasteiger partial charge on any atom is -0.295 e. The Balaban J connectivity index is 2.08. The molecule has 0 heterocycles. The lowest BCUT2D eigenvalue weighted by molar-refractivity contribution is -0.138. The Hall–Kier alpha value is -2.57. The van der Waals surface area contributed by atoms with E-state index in [0.29, 0.717) is 11.1 Å². The van der Waals surface area contributed by atoms with Gasteiger partial charge in [0, 0.05) is 11.8 Å². The quantitative estimate of drug-likeness (QED) is 0.587. The van der Waals surface area contributed by atoms with Gasteiger partial charge in [0.05, 0.1) is 11.1 Å². The van der Waals surface area contributed by atoms with Crippen LogP contribution < -0.4 is 0 Å². The molecule has 1 aliphatic carbocycles. The summed E-state index contributed by atoms with van der Waals surface area (Å²) in [5.41, 5.74) is -1.62. The van der Waals surface area contributed by atoms with Crippen molar-refractivity contribution in [2.75, 3.05) is 0 Å². The first-order valence-electron chi connectivity index (χ1n) is 8.10. The van der Waals surface area contributed by atoms with Gasteiger partial charge in [0.15, 0.2) is 5.78 Å². The van der Waals surface area contributed by atoms with Crippen LogP contribution in [0.1, 0.15) is 35.1 Å². The van der Waals surface area contributed by atoms with Gasteiger partial charge in [0.1, 0.15) is 0 Å². The number of hydrogen-bond donors (Lipinski definition) is 0. The maximum absolute atomic E-state index is 12.8. The van der Waals surface area contributed by atoms with Gasteiger partial charge in [-0.25, -0.2) is 0 Å². The van der Waals surface area contributed by atoms with E-state index < -0.39 is 28.9 Å². The van der Waals surface area contributed by atoms with Crippen molar-refractivity contribution < 1.29 is 31.1 Å². The summed E-state index contributed by atoms with van der Waals surface area (Å²) in [5.74, 6) is -0.135. The molecule has 1 nitrogen and oxygen atoms in total. The Kier molecular flexibility index (Phi) is 4.66. The number of alkyl halides is 6. The van der Waals surface area contributed by atoms with Crippen LogP contribution >= 0.6 is 0 Å². The zero-order chi connectivity index (χ0) is 19.9. The second-order valence-electron chi connectivity index (χ2n) is 6.42. The van der Waals surface area contributed by atoms with E-state index in [9.17, 15) is 31.1 Å². The molecule has 0 radical (unpaired) electrons. The molecular formula is C20H14F6O. The third kappa shape index (κ3) is 3.77. The number of halogens is 6. The molecule has 0 bridgehead atoms. The fourth-order valence-corrected chi connectivity index (χ4v) is 3.28. The van der Waals surface area contributed by atoms with Crippen molar-refractivity contribution in [2.24, 2.45) is 0 Å². The summed E-state index contributed by atoms with van der Waals surface area (Å²) >= 11 is 0. The highest BCUT2D eigenvalue weighted by Gasteiger charge is 2.37. The predicted molar refractivity (Wildman–Crippen MR) is 87.0 cm³/mol. The van der Waals surface area contributed by atoms with Gasteiger partial charge in [0.2, 0.25) is 0 Å². The van der Waals surface area contributed by atoms with Gasteiger partial charge in [-0.05, 0) is 47.9 Å². The topological polar surface area (TPSA) is 17.1 Å². The van der Waals surface area contributed by atoms with Crippen LogP contribution in [0.5, 0.6) is 0 Å². The molecule has 0 N–H and O–H groups in total. The van der Waals surface area contributed by atoms with Crippen molar-refractivity contribution in [3.63, 3.8) is 0 Å². The van der Waals surface area contributed by atoms with Crippen LogP contribution in [0.3, 0.4) is 0 Å². The molecule has 0 amide bonds. The van der Waals surface area contributed by atoms with Gasteiger partial charge in [-0.3, -0.25) is 4.79 Å². The number of benzene rings is 2. The fraction of sp³-hybridized carbons (Fsp3) is 0.250. The zero-order valence-electron chi connectivity index (χ0n) is 13.9. The van der Waals surface area contributed by atoms with Gasteiger partial charge in [0.25, 0.3) is 0 Å². The molecule has 0 unspecified atom stereocenters. The SMILES string of the molecule is O=C1C=CC(c2ccc(C(F)(F)F)cc2)(c2ccc(C(F)(F)F)cc2)CC1.